The van der Waals surface area contributed by atoms with Crippen molar-refractivity contribution >= 4 is 40.1 Å². The van der Waals surface area contributed by atoms with Gasteiger partial charge in [0, 0.05) is 10.9 Å². The molecular weight excluding hydrogens is 401 g/mol. The van der Waals surface area contributed by atoms with E-state index in [0.29, 0.717) is 11.1 Å². The third kappa shape index (κ3) is 3.51. The van der Waals surface area contributed by atoms with Crippen LogP contribution in [0.25, 0.3) is 10.9 Å². The van der Waals surface area contributed by atoms with Gasteiger partial charge in [-0.05, 0) is 31.5 Å². The van der Waals surface area contributed by atoms with Crippen LogP contribution < -0.4 is 5.73 Å². The molecule has 0 saturated carbocycles. The maximum atomic E-state index is 12.7. The number of alkyl halides is 1. The number of carbonyl (C=O) groups excluding carboxylic acids is 1. The second-order valence-electron chi connectivity index (χ2n) is 6.18. The number of halogens is 2. The van der Waals surface area contributed by atoms with E-state index in [1.165, 1.54) is 0 Å². The zero-order valence-corrected chi connectivity index (χ0v) is 16.8. The molecule has 2 aromatic rings. The summed E-state index contributed by atoms with van der Waals surface area (Å²) >= 11 is 12.4. The van der Waals surface area contributed by atoms with Crippen LogP contribution in [0.2, 0.25) is 5.15 Å². The zero-order chi connectivity index (χ0) is 20.4. The van der Waals surface area contributed by atoms with Gasteiger partial charge in [-0.15, -0.1) is 11.6 Å². The van der Waals surface area contributed by atoms with Gasteiger partial charge in [0.05, 0.1) is 29.5 Å². The van der Waals surface area contributed by atoms with Crippen molar-refractivity contribution in [1.29, 1.82) is 5.26 Å². The van der Waals surface area contributed by atoms with Crippen molar-refractivity contribution in [1.82, 2.24) is 4.98 Å². The Morgan fingerprint density at radius 2 is 2.18 bits per heavy atom. The first-order valence-electron chi connectivity index (χ1n) is 8.51. The van der Waals surface area contributed by atoms with Gasteiger partial charge in [-0.3, -0.25) is 0 Å². The second-order valence-corrected chi connectivity index (χ2v) is 6.81. The first kappa shape index (κ1) is 20.0. The van der Waals surface area contributed by atoms with Gasteiger partial charge in [0.15, 0.2) is 0 Å². The molecule has 1 aromatic heterocycles. The van der Waals surface area contributed by atoms with E-state index in [9.17, 15) is 10.1 Å². The molecular formula is C20H17Cl2N3O3. The lowest BCUT2D eigenvalue weighted by Gasteiger charge is -2.27. The topological polar surface area (TPSA) is 98.2 Å². The molecule has 0 aliphatic carbocycles. The van der Waals surface area contributed by atoms with Crippen LogP contribution in [0.5, 0.6) is 0 Å². The number of aryl methyl sites for hydroxylation is 1. The fourth-order valence-electron chi connectivity index (χ4n) is 3.13. The molecule has 28 heavy (non-hydrogen) atoms. The Labute approximate surface area is 172 Å². The Kier molecular flexibility index (Phi) is 5.78. The van der Waals surface area contributed by atoms with Crippen molar-refractivity contribution in [2.45, 2.75) is 19.8 Å². The van der Waals surface area contributed by atoms with Crippen LogP contribution in [-0.4, -0.2) is 23.4 Å². The number of fused-ring (bicyclic) bond motifs is 1. The lowest BCUT2D eigenvalue weighted by molar-refractivity contribution is -0.139. The van der Waals surface area contributed by atoms with E-state index in [1.807, 2.05) is 31.2 Å². The molecule has 0 amide bonds. The van der Waals surface area contributed by atoms with E-state index in [1.54, 1.807) is 13.0 Å². The maximum absolute atomic E-state index is 12.7. The molecule has 1 atom stereocenters. The van der Waals surface area contributed by atoms with E-state index in [2.05, 4.69) is 4.98 Å². The highest BCUT2D eigenvalue weighted by Crippen LogP contribution is 2.42. The van der Waals surface area contributed by atoms with Gasteiger partial charge < -0.3 is 15.2 Å². The first-order valence-corrected chi connectivity index (χ1v) is 9.43. The molecule has 144 valence electrons. The molecule has 0 unspecified atom stereocenters. The van der Waals surface area contributed by atoms with Crippen molar-refractivity contribution in [3.63, 3.8) is 0 Å². The summed E-state index contributed by atoms with van der Waals surface area (Å²) in [6.07, 6.45) is 0. The third-order valence-electron chi connectivity index (χ3n) is 4.38. The van der Waals surface area contributed by atoms with E-state index >= 15 is 0 Å². The monoisotopic (exact) mass is 417 g/mol. The van der Waals surface area contributed by atoms with Gasteiger partial charge in [0.25, 0.3) is 0 Å². The van der Waals surface area contributed by atoms with Gasteiger partial charge in [-0.25, -0.2) is 9.78 Å². The van der Waals surface area contributed by atoms with Crippen molar-refractivity contribution < 1.29 is 14.3 Å². The van der Waals surface area contributed by atoms with E-state index in [-0.39, 0.29) is 40.4 Å². The molecule has 6 nitrogen and oxygen atoms in total. The first-order chi connectivity index (χ1) is 13.4. The quantitative estimate of drug-likeness (QED) is 0.457. The van der Waals surface area contributed by atoms with Gasteiger partial charge in [-0.1, -0.05) is 23.7 Å². The highest BCUT2D eigenvalue weighted by atomic mass is 35.5. The number of esters is 1. The van der Waals surface area contributed by atoms with Crippen molar-refractivity contribution in [3.05, 3.63) is 63.3 Å². The minimum absolute atomic E-state index is 0.0482. The van der Waals surface area contributed by atoms with Gasteiger partial charge >= 0.3 is 5.97 Å². The number of hydrogen-bond acceptors (Lipinski definition) is 6. The molecule has 0 bridgehead atoms. The Morgan fingerprint density at radius 1 is 1.43 bits per heavy atom. The normalized spacial score (nSPS) is 16.8. The van der Waals surface area contributed by atoms with Crippen LogP contribution in [0.4, 0.5) is 0 Å². The Bertz CT molecular complexity index is 1070. The largest absolute Gasteiger partial charge is 0.463 e. The van der Waals surface area contributed by atoms with Crippen LogP contribution in [0, 0.1) is 18.3 Å². The fourth-order valence-corrected chi connectivity index (χ4v) is 3.59. The summed E-state index contributed by atoms with van der Waals surface area (Å²) in [7, 11) is 0. The minimum atomic E-state index is -0.891. The molecule has 8 heteroatoms. The number of benzene rings is 1. The number of pyridine rings is 1. The maximum Gasteiger partial charge on any atom is 0.338 e. The van der Waals surface area contributed by atoms with Crippen LogP contribution in [0.15, 0.2) is 47.1 Å². The number of carbonyl (C=O) groups is 1. The van der Waals surface area contributed by atoms with Crippen LogP contribution >= 0.6 is 23.2 Å². The molecule has 2 N–H and O–H groups in total. The van der Waals surface area contributed by atoms with Crippen LogP contribution in [0.1, 0.15) is 24.0 Å². The standard InChI is InChI=1S/C20H17Cl2N3O3/c1-3-27-20(26)17-15(8-21)28-19(24)13(9-23)16(17)12-7-11-5-4-10(2)6-14(11)25-18(12)22/h4-7,16H,3,8,24H2,1-2H3/t16-/m1/s1. The third-order valence-corrected chi connectivity index (χ3v) is 4.92. The summed E-state index contributed by atoms with van der Waals surface area (Å²) in [5.74, 6) is -1.67. The molecule has 3 rings (SSSR count). The minimum Gasteiger partial charge on any atom is -0.463 e. The van der Waals surface area contributed by atoms with Crippen LogP contribution in [0.3, 0.4) is 0 Å². The lowest BCUT2D eigenvalue weighted by Crippen LogP contribution is -2.27. The number of ether oxygens (including phenoxy) is 2. The smallest absolute Gasteiger partial charge is 0.338 e. The highest BCUT2D eigenvalue weighted by molar-refractivity contribution is 6.31. The van der Waals surface area contributed by atoms with E-state index in [4.69, 9.17) is 38.4 Å². The lowest BCUT2D eigenvalue weighted by atomic mass is 9.83. The van der Waals surface area contributed by atoms with E-state index in [0.717, 1.165) is 10.9 Å². The fraction of sp³-hybridized carbons (Fsp3) is 0.250. The highest BCUT2D eigenvalue weighted by Gasteiger charge is 2.38. The SMILES string of the molecule is CCOC(=O)C1=C(CCl)OC(N)=C(C#N)[C@H]1c1cc2ccc(C)cc2nc1Cl. The average Bonchev–Trinajstić information content (AvgIpc) is 2.66. The number of rotatable bonds is 4. The molecule has 0 radical (unpaired) electrons. The summed E-state index contributed by atoms with van der Waals surface area (Å²) in [5.41, 5.74) is 8.26. The average molecular weight is 418 g/mol. The molecule has 0 fully saturated rings. The predicted octanol–water partition coefficient (Wildman–Crippen LogP) is 4.06. The molecule has 1 aliphatic rings. The predicted molar refractivity (Wildman–Crippen MR) is 107 cm³/mol. The number of nitrogens with zero attached hydrogens (tertiary/aromatic N) is 2. The Hall–Kier alpha value is -2.75. The number of allylic oxidation sites excluding steroid dienone is 2. The van der Waals surface area contributed by atoms with Gasteiger partial charge in [-0.2, -0.15) is 5.26 Å². The molecule has 0 spiro atoms. The number of nitrogens with two attached hydrogens (primary N) is 1. The van der Waals surface area contributed by atoms with Gasteiger partial charge in [0.2, 0.25) is 5.88 Å². The zero-order valence-electron chi connectivity index (χ0n) is 15.3. The molecule has 2 heterocycles. The molecule has 0 saturated heterocycles. The van der Waals surface area contributed by atoms with Crippen molar-refractivity contribution in [3.8, 4) is 6.07 Å². The van der Waals surface area contributed by atoms with Gasteiger partial charge in [0.1, 0.15) is 22.6 Å². The molecule has 1 aromatic carbocycles. The number of nitriles is 1. The Morgan fingerprint density at radius 3 is 2.82 bits per heavy atom. The second kappa shape index (κ2) is 8.09. The van der Waals surface area contributed by atoms with Crippen molar-refractivity contribution in [2.75, 3.05) is 12.5 Å². The summed E-state index contributed by atoms with van der Waals surface area (Å²) in [4.78, 5) is 17.1. The van der Waals surface area contributed by atoms with Crippen LogP contribution in [-0.2, 0) is 14.3 Å². The van der Waals surface area contributed by atoms with Crippen molar-refractivity contribution in [2.24, 2.45) is 5.73 Å². The number of aromatic nitrogens is 1. The summed E-state index contributed by atoms with van der Waals surface area (Å²) in [6.45, 7) is 3.78. The molecule has 1 aliphatic heterocycles. The number of hydrogen-bond donors (Lipinski definition) is 1. The summed E-state index contributed by atoms with van der Waals surface area (Å²) < 4.78 is 10.6. The van der Waals surface area contributed by atoms with E-state index < -0.39 is 11.9 Å². The Balaban J connectivity index is 2.28. The summed E-state index contributed by atoms with van der Waals surface area (Å²) in [6, 6.07) is 9.54. The summed E-state index contributed by atoms with van der Waals surface area (Å²) in [5, 5.41) is 10.6.